The minimum atomic E-state index is -1.06. The highest BCUT2D eigenvalue weighted by Gasteiger charge is 2.49. The van der Waals surface area contributed by atoms with Gasteiger partial charge in [-0.25, -0.2) is 4.79 Å². The SMILES string of the molecule is CCOC(=O)C1=C(C)NC2=C(C(=O)C(C(=O)OCC)C(c3cccc(OC)c3)C2)C1c1ccc(Br)cc1. The third-order valence-corrected chi connectivity index (χ3v) is 7.31. The van der Waals surface area contributed by atoms with Crippen LogP contribution >= 0.6 is 15.9 Å². The number of hydrogen-bond donors (Lipinski definition) is 1. The number of esters is 2. The molecule has 0 amide bonds. The fourth-order valence-electron chi connectivity index (χ4n) is 5.19. The Kier molecular flexibility index (Phi) is 8.17. The molecule has 1 heterocycles. The van der Waals surface area contributed by atoms with Crippen LogP contribution in [0.2, 0.25) is 0 Å². The van der Waals surface area contributed by atoms with Crippen LogP contribution in [0.1, 0.15) is 50.2 Å². The lowest BCUT2D eigenvalue weighted by atomic mass is 9.67. The average Bonchev–Trinajstić information content (AvgIpc) is 2.88. The standard InChI is InChI=1S/C29H30BrNO6/c1-5-36-28(33)23-16(3)31-22-15-21(18-8-7-9-20(14-18)35-4)25(29(34)37-6-2)27(32)26(22)24(23)17-10-12-19(30)13-11-17/h7-14,21,24-25,31H,5-6,15H2,1-4H3. The lowest BCUT2D eigenvalue weighted by Crippen LogP contribution is -2.43. The first-order valence-corrected chi connectivity index (χ1v) is 13.1. The molecule has 2 aromatic carbocycles. The molecule has 0 fully saturated rings. The Morgan fingerprint density at radius 1 is 1.03 bits per heavy atom. The molecule has 1 N–H and O–H groups in total. The van der Waals surface area contributed by atoms with Gasteiger partial charge in [0.15, 0.2) is 5.78 Å². The van der Waals surface area contributed by atoms with Crippen LogP contribution in [-0.2, 0) is 23.9 Å². The van der Waals surface area contributed by atoms with E-state index in [0.29, 0.717) is 34.7 Å². The van der Waals surface area contributed by atoms with Crippen molar-refractivity contribution < 1.29 is 28.6 Å². The number of ketones is 1. The van der Waals surface area contributed by atoms with Crippen molar-refractivity contribution in [3.8, 4) is 5.75 Å². The second kappa shape index (κ2) is 11.3. The van der Waals surface area contributed by atoms with Gasteiger partial charge in [-0.2, -0.15) is 0 Å². The molecule has 2 aromatic rings. The van der Waals surface area contributed by atoms with Gasteiger partial charge in [-0.1, -0.05) is 40.2 Å². The molecule has 194 valence electrons. The molecule has 37 heavy (non-hydrogen) atoms. The maximum atomic E-state index is 14.3. The van der Waals surface area contributed by atoms with Crippen molar-refractivity contribution in [2.45, 2.75) is 39.0 Å². The third kappa shape index (κ3) is 5.21. The number of hydrogen-bond acceptors (Lipinski definition) is 7. The van der Waals surface area contributed by atoms with E-state index in [1.165, 1.54) is 0 Å². The number of allylic oxidation sites excluding steroid dienone is 3. The molecule has 2 aliphatic rings. The lowest BCUT2D eigenvalue weighted by Gasteiger charge is -2.39. The summed E-state index contributed by atoms with van der Waals surface area (Å²) in [4.78, 5) is 40.7. The number of carbonyl (C=O) groups is 3. The summed E-state index contributed by atoms with van der Waals surface area (Å²) in [5.41, 5.74) is 3.63. The van der Waals surface area contributed by atoms with Gasteiger partial charge in [0, 0.05) is 33.3 Å². The predicted molar refractivity (Wildman–Crippen MR) is 142 cm³/mol. The van der Waals surface area contributed by atoms with Crippen molar-refractivity contribution >= 4 is 33.7 Å². The molecule has 0 spiro atoms. The highest BCUT2D eigenvalue weighted by Crippen LogP contribution is 2.48. The van der Waals surface area contributed by atoms with Crippen molar-refractivity contribution in [3.05, 3.63) is 86.7 Å². The number of dihydropyridines is 1. The zero-order valence-electron chi connectivity index (χ0n) is 21.3. The third-order valence-electron chi connectivity index (χ3n) is 6.78. The maximum absolute atomic E-state index is 14.3. The Hall–Kier alpha value is -3.39. The van der Waals surface area contributed by atoms with Gasteiger partial charge in [0.25, 0.3) is 0 Å². The minimum absolute atomic E-state index is 0.154. The highest BCUT2D eigenvalue weighted by atomic mass is 79.9. The molecule has 0 saturated carbocycles. The first kappa shape index (κ1) is 26.7. The van der Waals surface area contributed by atoms with E-state index in [0.717, 1.165) is 15.6 Å². The molecule has 0 bridgehead atoms. The number of Topliss-reactive ketones (excluding diaryl/α,β-unsaturated/α-hetero) is 1. The van der Waals surface area contributed by atoms with Crippen LogP contribution in [0.4, 0.5) is 0 Å². The van der Waals surface area contributed by atoms with Crippen molar-refractivity contribution in [2.24, 2.45) is 5.92 Å². The zero-order valence-corrected chi connectivity index (χ0v) is 22.9. The van der Waals surface area contributed by atoms with Crippen LogP contribution in [-0.4, -0.2) is 38.0 Å². The smallest absolute Gasteiger partial charge is 0.336 e. The number of halogens is 1. The molecular weight excluding hydrogens is 538 g/mol. The van der Waals surface area contributed by atoms with Crippen LogP contribution in [0.5, 0.6) is 5.75 Å². The maximum Gasteiger partial charge on any atom is 0.336 e. The molecule has 3 atom stereocenters. The average molecular weight is 568 g/mol. The Labute approximate surface area is 225 Å². The summed E-state index contributed by atoms with van der Waals surface area (Å²) in [7, 11) is 1.57. The predicted octanol–water partition coefficient (Wildman–Crippen LogP) is 5.17. The largest absolute Gasteiger partial charge is 0.497 e. The van der Waals surface area contributed by atoms with E-state index in [4.69, 9.17) is 14.2 Å². The van der Waals surface area contributed by atoms with Gasteiger partial charge in [0.05, 0.1) is 25.9 Å². The van der Waals surface area contributed by atoms with Gasteiger partial charge in [-0.3, -0.25) is 9.59 Å². The van der Waals surface area contributed by atoms with Crippen molar-refractivity contribution in [2.75, 3.05) is 20.3 Å². The monoisotopic (exact) mass is 567 g/mol. The van der Waals surface area contributed by atoms with Crippen molar-refractivity contribution in [1.29, 1.82) is 0 Å². The number of carbonyl (C=O) groups excluding carboxylic acids is 3. The summed E-state index contributed by atoms with van der Waals surface area (Å²) in [5.74, 6) is -3.01. The molecule has 0 saturated heterocycles. The van der Waals surface area contributed by atoms with E-state index in [1.807, 2.05) is 55.5 Å². The van der Waals surface area contributed by atoms with Gasteiger partial charge < -0.3 is 19.5 Å². The molecule has 1 aliphatic heterocycles. The normalized spacial score (nSPS) is 21.2. The van der Waals surface area contributed by atoms with E-state index in [1.54, 1.807) is 21.0 Å². The Bertz CT molecular complexity index is 1280. The van der Waals surface area contributed by atoms with Gasteiger partial charge in [0.2, 0.25) is 0 Å². The highest BCUT2D eigenvalue weighted by molar-refractivity contribution is 9.10. The first-order valence-electron chi connectivity index (χ1n) is 12.3. The van der Waals surface area contributed by atoms with Crippen LogP contribution in [0.15, 0.2) is 75.5 Å². The van der Waals surface area contributed by atoms with Crippen LogP contribution in [0, 0.1) is 5.92 Å². The number of benzene rings is 2. The van der Waals surface area contributed by atoms with Crippen molar-refractivity contribution in [1.82, 2.24) is 5.32 Å². The summed E-state index contributed by atoms with van der Waals surface area (Å²) >= 11 is 3.46. The van der Waals surface area contributed by atoms with E-state index < -0.39 is 29.7 Å². The fraction of sp³-hybridized carbons (Fsp3) is 0.345. The second-order valence-corrected chi connectivity index (χ2v) is 9.86. The number of methoxy groups -OCH3 is 1. The van der Waals surface area contributed by atoms with Crippen LogP contribution in [0.25, 0.3) is 0 Å². The molecule has 0 radical (unpaired) electrons. The topological polar surface area (TPSA) is 90.9 Å². The van der Waals surface area contributed by atoms with Gasteiger partial charge in [-0.15, -0.1) is 0 Å². The lowest BCUT2D eigenvalue weighted by molar-refractivity contribution is -0.152. The Morgan fingerprint density at radius 3 is 2.38 bits per heavy atom. The number of rotatable bonds is 7. The van der Waals surface area contributed by atoms with Gasteiger partial charge in [0.1, 0.15) is 11.7 Å². The first-order chi connectivity index (χ1) is 17.8. The van der Waals surface area contributed by atoms with Gasteiger partial charge in [-0.05, 0) is 62.6 Å². The van der Waals surface area contributed by atoms with E-state index in [2.05, 4.69) is 21.2 Å². The summed E-state index contributed by atoms with van der Waals surface area (Å²) in [5, 5.41) is 3.31. The van der Waals surface area contributed by atoms with Crippen LogP contribution < -0.4 is 10.1 Å². The van der Waals surface area contributed by atoms with Crippen molar-refractivity contribution in [3.63, 3.8) is 0 Å². The number of ether oxygens (including phenoxy) is 3. The van der Waals surface area contributed by atoms with E-state index >= 15 is 0 Å². The van der Waals surface area contributed by atoms with Crippen LogP contribution in [0.3, 0.4) is 0 Å². The summed E-state index contributed by atoms with van der Waals surface area (Å²) in [6.45, 7) is 5.62. The summed E-state index contributed by atoms with van der Waals surface area (Å²) in [6.07, 6.45) is 0.387. The fourth-order valence-corrected chi connectivity index (χ4v) is 5.45. The van der Waals surface area contributed by atoms with Gasteiger partial charge >= 0.3 is 11.9 Å². The molecule has 4 rings (SSSR count). The quantitative estimate of drug-likeness (QED) is 0.364. The van der Waals surface area contributed by atoms with E-state index in [9.17, 15) is 14.4 Å². The molecule has 8 heteroatoms. The Morgan fingerprint density at radius 2 is 1.73 bits per heavy atom. The van der Waals surface area contributed by atoms with E-state index in [-0.39, 0.29) is 19.0 Å². The second-order valence-electron chi connectivity index (χ2n) is 8.94. The molecular formula is C29H30BrNO6. The molecule has 7 nitrogen and oxygen atoms in total. The Balaban J connectivity index is 1.89. The summed E-state index contributed by atoms with van der Waals surface area (Å²) < 4.78 is 17.0. The molecule has 1 aliphatic carbocycles. The minimum Gasteiger partial charge on any atom is -0.497 e. The summed E-state index contributed by atoms with van der Waals surface area (Å²) in [6, 6.07) is 14.9. The molecule has 3 unspecified atom stereocenters. The number of nitrogens with one attached hydrogen (secondary N) is 1. The molecule has 0 aromatic heterocycles. The zero-order chi connectivity index (χ0) is 26.7.